The lowest BCUT2D eigenvalue weighted by atomic mass is 10.2. The molecule has 1 nitrogen and oxygen atoms in total. The highest BCUT2D eigenvalue weighted by Crippen LogP contribution is 2.09. The topological polar surface area (TPSA) is 12.4 Å². The molecule has 1 atom stereocenters. The van der Waals surface area contributed by atoms with Crippen molar-refractivity contribution in [3.8, 4) is 0 Å². The van der Waals surface area contributed by atoms with Crippen molar-refractivity contribution in [3.63, 3.8) is 0 Å². The van der Waals surface area contributed by atoms with Gasteiger partial charge in [0, 0.05) is 8.37 Å². The molecule has 0 radical (unpaired) electrons. The molecule has 0 spiro atoms. The largest absolute Gasteiger partial charge is 0.247 e. The Kier molecular flexibility index (Phi) is 4.04. The summed E-state index contributed by atoms with van der Waals surface area (Å²) in [5.74, 6) is 2.00. The fourth-order valence-corrected chi connectivity index (χ4v) is 1.27. The summed E-state index contributed by atoms with van der Waals surface area (Å²) in [6, 6.07) is 10.2. The fraction of sp³-hybridized carbons (Fsp3) is 0. The average Bonchev–Trinajstić information content (AvgIpc) is 2.07. The van der Waals surface area contributed by atoms with Crippen LogP contribution in [0.3, 0.4) is 0 Å². The van der Waals surface area contributed by atoms with Crippen LogP contribution < -0.4 is 0 Å². The molecule has 0 saturated heterocycles. The van der Waals surface area contributed by atoms with Crippen molar-refractivity contribution in [2.75, 3.05) is 0 Å². The van der Waals surface area contributed by atoms with Crippen molar-refractivity contribution in [2.45, 2.75) is 0 Å². The minimum absolute atomic E-state index is 0.979. The minimum atomic E-state index is 0.979. The number of hydrogen-bond donors (Lipinski definition) is 0. The molecule has 1 unspecified atom stereocenters. The van der Waals surface area contributed by atoms with E-state index in [1.807, 2.05) is 24.0 Å². The normalized spacial score (nSPS) is 11.4. The maximum atomic E-state index is 3.85. The Morgan fingerprint density at radius 3 is 2.64 bits per heavy atom. The molecule has 1 aromatic carbocycles. The van der Waals surface area contributed by atoms with Crippen LogP contribution in [0.4, 0.5) is 0 Å². The van der Waals surface area contributed by atoms with Gasteiger partial charge in [0.15, 0.2) is 0 Å². The second kappa shape index (κ2) is 5.18. The van der Waals surface area contributed by atoms with Gasteiger partial charge in [-0.25, -0.2) is 4.52 Å². The zero-order valence-corrected chi connectivity index (χ0v) is 8.06. The van der Waals surface area contributed by atoms with E-state index in [0.717, 1.165) is 8.37 Å². The molecule has 3 heteroatoms. The van der Waals surface area contributed by atoms with Gasteiger partial charge < -0.3 is 0 Å². The van der Waals surface area contributed by atoms with E-state index in [1.165, 1.54) is 5.56 Å². The van der Waals surface area contributed by atoms with Crippen molar-refractivity contribution in [1.29, 1.82) is 0 Å². The molecule has 0 amide bonds. The van der Waals surface area contributed by atoms with Crippen molar-refractivity contribution in [1.82, 2.24) is 0 Å². The standard InChI is InChI=1S/C8H9NP2/c10-9-11-7-6-8-4-2-1-3-5-8/h1-7H,10H2. The van der Waals surface area contributed by atoms with E-state index in [0.29, 0.717) is 0 Å². The summed E-state index contributed by atoms with van der Waals surface area (Å²) < 4.78 is 3.85. The molecule has 1 rings (SSSR count). The van der Waals surface area contributed by atoms with Gasteiger partial charge in [0.1, 0.15) is 0 Å². The summed E-state index contributed by atoms with van der Waals surface area (Å²) in [7, 11) is 3.31. The van der Waals surface area contributed by atoms with Crippen LogP contribution in [-0.2, 0) is 0 Å². The summed E-state index contributed by atoms with van der Waals surface area (Å²) in [6.45, 7) is 0. The lowest BCUT2D eigenvalue weighted by Crippen LogP contribution is -1.65. The first-order chi connectivity index (χ1) is 5.43. The lowest BCUT2D eigenvalue weighted by molar-refractivity contribution is 1.67. The van der Waals surface area contributed by atoms with E-state index in [2.05, 4.69) is 32.1 Å². The van der Waals surface area contributed by atoms with Crippen LogP contribution in [0, 0.1) is 0 Å². The SMILES string of the molecule is PN=PC=Cc1ccccc1. The molecule has 0 aliphatic carbocycles. The average molecular weight is 181 g/mol. The highest BCUT2D eigenvalue weighted by Gasteiger charge is 1.79. The van der Waals surface area contributed by atoms with Gasteiger partial charge in [0.2, 0.25) is 0 Å². The van der Waals surface area contributed by atoms with E-state index in [1.54, 1.807) is 0 Å². The van der Waals surface area contributed by atoms with Crippen LogP contribution >= 0.6 is 17.8 Å². The minimum Gasteiger partial charge on any atom is -0.247 e. The number of rotatable bonds is 2. The molecule has 1 aromatic rings. The maximum absolute atomic E-state index is 3.85. The van der Waals surface area contributed by atoms with Gasteiger partial charge in [-0.1, -0.05) is 30.3 Å². The molecule has 56 valence electrons. The Morgan fingerprint density at radius 1 is 1.27 bits per heavy atom. The van der Waals surface area contributed by atoms with Crippen molar-refractivity contribution in [2.24, 2.45) is 4.52 Å². The lowest BCUT2D eigenvalue weighted by Gasteiger charge is -1.87. The number of benzene rings is 1. The van der Waals surface area contributed by atoms with E-state index >= 15 is 0 Å². The zero-order chi connectivity index (χ0) is 7.94. The molecule has 0 aromatic heterocycles. The quantitative estimate of drug-likeness (QED) is 0.618. The van der Waals surface area contributed by atoms with Crippen molar-refractivity contribution >= 4 is 23.8 Å². The maximum Gasteiger partial charge on any atom is 0.0352 e. The van der Waals surface area contributed by atoms with Crippen LogP contribution in [0.1, 0.15) is 5.56 Å². The monoisotopic (exact) mass is 181 g/mol. The van der Waals surface area contributed by atoms with Crippen LogP contribution in [0.5, 0.6) is 0 Å². The molecule has 0 fully saturated rings. The van der Waals surface area contributed by atoms with Gasteiger partial charge in [-0.05, 0) is 26.8 Å². The van der Waals surface area contributed by atoms with E-state index in [-0.39, 0.29) is 0 Å². The van der Waals surface area contributed by atoms with Gasteiger partial charge >= 0.3 is 0 Å². The summed E-state index contributed by atoms with van der Waals surface area (Å²) in [5.41, 5.74) is 1.22. The summed E-state index contributed by atoms with van der Waals surface area (Å²) in [4.78, 5) is 0. The van der Waals surface area contributed by atoms with Gasteiger partial charge in [-0.2, -0.15) is 0 Å². The van der Waals surface area contributed by atoms with Gasteiger partial charge in [0.25, 0.3) is 0 Å². The van der Waals surface area contributed by atoms with Crippen molar-refractivity contribution < 1.29 is 0 Å². The molecule has 11 heavy (non-hydrogen) atoms. The molecule has 0 N–H and O–H groups in total. The molecular formula is C8H9NP2. The molecule has 0 saturated carbocycles. The van der Waals surface area contributed by atoms with Gasteiger partial charge in [-0.3, -0.25) is 0 Å². The van der Waals surface area contributed by atoms with Crippen LogP contribution in [-0.4, -0.2) is 0 Å². The first-order valence-corrected chi connectivity index (χ1v) is 4.68. The predicted octanol–water partition coefficient (Wildman–Crippen LogP) is 3.58. The third-order valence-electron chi connectivity index (χ3n) is 1.20. The first kappa shape index (κ1) is 8.59. The second-order valence-electron chi connectivity index (χ2n) is 1.96. The third kappa shape index (κ3) is 3.41. The Hall–Kier alpha value is -0.510. The van der Waals surface area contributed by atoms with Gasteiger partial charge in [-0.15, -0.1) is 0 Å². The Labute approximate surface area is 70.7 Å². The Morgan fingerprint density at radius 2 is 2.00 bits per heavy atom. The smallest absolute Gasteiger partial charge is 0.0352 e. The van der Waals surface area contributed by atoms with E-state index in [9.17, 15) is 0 Å². The van der Waals surface area contributed by atoms with E-state index < -0.39 is 0 Å². The first-order valence-electron chi connectivity index (χ1n) is 3.25. The number of hydrogen-bond acceptors (Lipinski definition) is 1. The van der Waals surface area contributed by atoms with Crippen LogP contribution in [0.25, 0.3) is 6.08 Å². The molecule has 0 aliphatic rings. The molecule has 0 heterocycles. The third-order valence-corrected chi connectivity index (χ3v) is 2.02. The van der Waals surface area contributed by atoms with Crippen molar-refractivity contribution in [3.05, 3.63) is 41.7 Å². The van der Waals surface area contributed by atoms with Gasteiger partial charge in [0.05, 0.1) is 0 Å². The predicted molar refractivity (Wildman–Crippen MR) is 54.5 cm³/mol. The fourth-order valence-electron chi connectivity index (χ4n) is 0.722. The van der Waals surface area contributed by atoms with Crippen LogP contribution in [0.15, 0.2) is 40.7 Å². The second-order valence-corrected chi connectivity index (χ2v) is 3.41. The zero-order valence-electron chi connectivity index (χ0n) is 6.01. The summed E-state index contributed by atoms with van der Waals surface area (Å²) in [5, 5.41) is 0. The Balaban J connectivity index is 2.64. The number of nitrogens with zero attached hydrogens (tertiary/aromatic N) is 1. The highest BCUT2D eigenvalue weighted by atomic mass is 31.1. The van der Waals surface area contributed by atoms with Crippen LogP contribution in [0.2, 0.25) is 0 Å². The Bertz CT molecular complexity index is 254. The molecule has 0 bridgehead atoms. The summed E-state index contributed by atoms with van der Waals surface area (Å²) >= 11 is 0. The summed E-state index contributed by atoms with van der Waals surface area (Å²) in [6.07, 6.45) is 2.05. The van der Waals surface area contributed by atoms with E-state index in [4.69, 9.17) is 0 Å². The highest BCUT2D eigenvalue weighted by molar-refractivity contribution is 7.38. The molecule has 0 aliphatic heterocycles. The molecular weight excluding hydrogens is 172 g/mol.